The minimum atomic E-state index is 0.0570. The van der Waals surface area contributed by atoms with Crippen molar-refractivity contribution in [3.8, 4) is 0 Å². The molecule has 0 unspecified atom stereocenters. The number of piperidine rings is 1. The number of rotatable bonds is 3. The summed E-state index contributed by atoms with van der Waals surface area (Å²) in [4.78, 5) is 23.4. The van der Waals surface area contributed by atoms with Crippen LogP contribution in [0.25, 0.3) is 11.0 Å². The van der Waals surface area contributed by atoms with Crippen molar-refractivity contribution in [1.29, 1.82) is 0 Å². The molecule has 118 valence electrons. The second kappa shape index (κ2) is 5.83. The Labute approximate surface area is 133 Å². The van der Waals surface area contributed by atoms with E-state index in [0.717, 1.165) is 36.2 Å². The number of nitrogens with one attached hydrogen (secondary N) is 1. The number of H-pyrrole nitrogens is 1. The maximum atomic E-state index is 12.6. The lowest BCUT2D eigenvalue weighted by Gasteiger charge is -2.31. The number of likely N-dealkylation sites (tertiary alicyclic amines) is 1. The van der Waals surface area contributed by atoms with E-state index >= 15 is 0 Å². The second-order valence-corrected chi connectivity index (χ2v) is 5.87. The monoisotopic (exact) mass is 310 g/mol. The van der Waals surface area contributed by atoms with E-state index in [1.54, 1.807) is 6.20 Å². The van der Waals surface area contributed by atoms with Crippen LogP contribution in [0.1, 0.15) is 24.6 Å². The average Bonchev–Trinajstić information content (AvgIpc) is 3.24. The number of hydrogen-bond acceptors (Lipinski definition) is 4. The van der Waals surface area contributed by atoms with Gasteiger partial charge >= 0.3 is 0 Å². The Bertz CT molecular complexity index is 776. The van der Waals surface area contributed by atoms with Crippen molar-refractivity contribution in [3.63, 3.8) is 0 Å². The van der Waals surface area contributed by atoms with Crippen molar-refractivity contribution in [2.24, 2.45) is 0 Å². The van der Waals surface area contributed by atoms with Crippen LogP contribution in [0.15, 0.2) is 36.7 Å². The zero-order chi connectivity index (χ0) is 15.6. The first-order valence-corrected chi connectivity index (χ1v) is 7.86. The standard InChI is InChI=1S/C16H18N6O/c23-15(11-22-19-13-5-1-2-6-14(13)20-22)21-9-3-4-12(10-21)16-17-7-8-18-16/h1-2,5-8,12H,3-4,9-11H2,(H,17,18)/t12-/m0/s1. The molecule has 1 atom stereocenters. The summed E-state index contributed by atoms with van der Waals surface area (Å²) in [6.45, 7) is 1.67. The number of benzene rings is 1. The average molecular weight is 310 g/mol. The summed E-state index contributed by atoms with van der Waals surface area (Å²) in [7, 11) is 0. The van der Waals surface area contributed by atoms with E-state index in [1.165, 1.54) is 4.80 Å². The number of amides is 1. The first-order valence-electron chi connectivity index (χ1n) is 7.86. The fourth-order valence-corrected chi connectivity index (χ4v) is 3.12. The van der Waals surface area contributed by atoms with Crippen molar-refractivity contribution in [3.05, 3.63) is 42.5 Å². The Morgan fingerprint density at radius 1 is 1.26 bits per heavy atom. The Kier molecular flexibility index (Phi) is 3.53. The van der Waals surface area contributed by atoms with E-state index in [1.807, 2.05) is 35.4 Å². The SMILES string of the molecule is O=C(Cn1nc2ccccc2n1)N1CCC[C@H](c2ncc[nH]2)C1. The van der Waals surface area contributed by atoms with Crippen LogP contribution in [0.2, 0.25) is 0 Å². The summed E-state index contributed by atoms with van der Waals surface area (Å²) in [6.07, 6.45) is 5.64. The summed E-state index contributed by atoms with van der Waals surface area (Å²) in [6, 6.07) is 7.64. The van der Waals surface area contributed by atoms with Crippen LogP contribution in [0.3, 0.4) is 0 Å². The van der Waals surface area contributed by atoms with E-state index in [0.29, 0.717) is 6.54 Å². The minimum Gasteiger partial charge on any atom is -0.348 e. The van der Waals surface area contributed by atoms with Crippen LogP contribution in [-0.4, -0.2) is 48.9 Å². The number of carbonyl (C=O) groups excluding carboxylic acids is 1. The third-order valence-electron chi connectivity index (χ3n) is 4.28. The van der Waals surface area contributed by atoms with Gasteiger partial charge in [0, 0.05) is 31.4 Å². The van der Waals surface area contributed by atoms with Crippen LogP contribution in [0, 0.1) is 0 Å². The molecule has 0 aliphatic carbocycles. The van der Waals surface area contributed by atoms with Crippen LogP contribution < -0.4 is 0 Å². The Morgan fingerprint density at radius 2 is 2.04 bits per heavy atom. The third kappa shape index (κ3) is 2.81. The van der Waals surface area contributed by atoms with Crippen LogP contribution in [0.5, 0.6) is 0 Å². The number of imidazole rings is 1. The van der Waals surface area contributed by atoms with Gasteiger partial charge in [-0.2, -0.15) is 15.0 Å². The fraction of sp³-hybridized carbons (Fsp3) is 0.375. The molecule has 4 rings (SSSR count). The molecule has 23 heavy (non-hydrogen) atoms. The number of aromatic amines is 1. The third-order valence-corrected chi connectivity index (χ3v) is 4.28. The number of nitrogens with zero attached hydrogens (tertiary/aromatic N) is 5. The van der Waals surface area contributed by atoms with Gasteiger partial charge in [-0.25, -0.2) is 4.98 Å². The van der Waals surface area contributed by atoms with Gasteiger partial charge in [-0.3, -0.25) is 4.79 Å². The molecule has 0 spiro atoms. The number of aromatic nitrogens is 5. The predicted molar refractivity (Wildman–Crippen MR) is 84.7 cm³/mol. The van der Waals surface area contributed by atoms with Gasteiger partial charge in [0.1, 0.15) is 23.4 Å². The lowest BCUT2D eigenvalue weighted by Crippen LogP contribution is -2.41. The Balaban J connectivity index is 1.45. The van der Waals surface area contributed by atoms with E-state index < -0.39 is 0 Å². The minimum absolute atomic E-state index is 0.0570. The first kappa shape index (κ1) is 13.9. The number of carbonyl (C=O) groups is 1. The van der Waals surface area contributed by atoms with Crippen LogP contribution in [0.4, 0.5) is 0 Å². The van der Waals surface area contributed by atoms with Gasteiger partial charge in [-0.05, 0) is 25.0 Å². The van der Waals surface area contributed by atoms with Gasteiger partial charge in [-0.15, -0.1) is 0 Å². The topological polar surface area (TPSA) is 79.7 Å². The van der Waals surface area contributed by atoms with E-state index in [9.17, 15) is 4.79 Å². The van der Waals surface area contributed by atoms with Gasteiger partial charge < -0.3 is 9.88 Å². The molecular weight excluding hydrogens is 292 g/mol. The molecule has 1 N–H and O–H groups in total. The number of fused-ring (bicyclic) bond motifs is 1. The van der Waals surface area contributed by atoms with Crippen molar-refractivity contribution < 1.29 is 4.79 Å². The summed E-state index contributed by atoms with van der Waals surface area (Å²) in [5, 5.41) is 8.71. The van der Waals surface area contributed by atoms with E-state index in [-0.39, 0.29) is 18.4 Å². The molecule has 3 aromatic rings. The van der Waals surface area contributed by atoms with Crippen molar-refractivity contribution >= 4 is 16.9 Å². The first-order chi connectivity index (χ1) is 11.3. The van der Waals surface area contributed by atoms with Crippen LogP contribution in [-0.2, 0) is 11.3 Å². The molecule has 7 nitrogen and oxygen atoms in total. The molecule has 1 amide bonds. The lowest BCUT2D eigenvalue weighted by molar-refractivity contribution is -0.133. The fourth-order valence-electron chi connectivity index (χ4n) is 3.12. The molecule has 1 aromatic carbocycles. The molecule has 7 heteroatoms. The Hall–Kier alpha value is -2.70. The van der Waals surface area contributed by atoms with Gasteiger partial charge in [0.2, 0.25) is 5.91 Å². The highest BCUT2D eigenvalue weighted by molar-refractivity contribution is 5.77. The normalized spacial score (nSPS) is 18.4. The van der Waals surface area contributed by atoms with Crippen molar-refractivity contribution in [1.82, 2.24) is 29.9 Å². The quantitative estimate of drug-likeness (QED) is 0.796. The highest BCUT2D eigenvalue weighted by atomic mass is 16.2. The molecule has 2 aromatic heterocycles. The molecule has 0 bridgehead atoms. The Morgan fingerprint density at radius 3 is 2.74 bits per heavy atom. The summed E-state index contributed by atoms with van der Waals surface area (Å²) in [5.74, 6) is 1.30. The predicted octanol–water partition coefficient (Wildman–Crippen LogP) is 1.56. The molecule has 0 radical (unpaired) electrons. The van der Waals surface area contributed by atoms with Crippen molar-refractivity contribution in [2.75, 3.05) is 13.1 Å². The van der Waals surface area contributed by atoms with Gasteiger partial charge in [0.25, 0.3) is 0 Å². The van der Waals surface area contributed by atoms with Crippen molar-refractivity contribution in [2.45, 2.75) is 25.3 Å². The summed E-state index contributed by atoms with van der Waals surface area (Å²) < 4.78 is 0. The van der Waals surface area contributed by atoms with Gasteiger partial charge in [0.15, 0.2) is 0 Å². The highest BCUT2D eigenvalue weighted by Crippen LogP contribution is 2.24. The van der Waals surface area contributed by atoms with E-state index in [2.05, 4.69) is 20.2 Å². The highest BCUT2D eigenvalue weighted by Gasteiger charge is 2.26. The molecular formula is C16H18N6O. The molecule has 1 fully saturated rings. The molecule has 3 heterocycles. The van der Waals surface area contributed by atoms with E-state index in [4.69, 9.17) is 0 Å². The lowest BCUT2D eigenvalue weighted by atomic mass is 9.97. The summed E-state index contributed by atoms with van der Waals surface area (Å²) in [5.41, 5.74) is 1.62. The zero-order valence-corrected chi connectivity index (χ0v) is 12.7. The smallest absolute Gasteiger partial charge is 0.246 e. The van der Waals surface area contributed by atoms with Crippen LogP contribution >= 0.6 is 0 Å². The largest absolute Gasteiger partial charge is 0.348 e. The van der Waals surface area contributed by atoms with Gasteiger partial charge in [0.05, 0.1) is 0 Å². The molecule has 1 aliphatic rings. The summed E-state index contributed by atoms with van der Waals surface area (Å²) >= 11 is 0. The van der Waals surface area contributed by atoms with Gasteiger partial charge in [-0.1, -0.05) is 12.1 Å². The molecule has 1 aliphatic heterocycles. The molecule has 0 saturated carbocycles. The molecule has 1 saturated heterocycles. The zero-order valence-electron chi connectivity index (χ0n) is 12.7. The second-order valence-electron chi connectivity index (χ2n) is 5.87. The maximum Gasteiger partial charge on any atom is 0.246 e. The number of hydrogen-bond donors (Lipinski definition) is 1. The maximum absolute atomic E-state index is 12.6.